The lowest BCUT2D eigenvalue weighted by molar-refractivity contribution is 0.0710. The van der Waals surface area contributed by atoms with Crippen molar-refractivity contribution >= 4 is 51.5 Å². The average molecular weight is 502 g/mol. The number of halogens is 2. The largest absolute Gasteiger partial charge is 0.332 e. The van der Waals surface area contributed by atoms with E-state index in [0.29, 0.717) is 23.7 Å². The van der Waals surface area contributed by atoms with Crippen molar-refractivity contribution in [2.24, 2.45) is 5.73 Å². The van der Waals surface area contributed by atoms with E-state index in [1.165, 1.54) is 11.3 Å². The number of aromatic nitrogens is 1. The smallest absolute Gasteiger partial charge is 0.305 e. The van der Waals surface area contributed by atoms with Crippen LogP contribution >= 0.6 is 35.3 Å². The van der Waals surface area contributed by atoms with Gasteiger partial charge in [0.05, 0.1) is 10.2 Å². The van der Waals surface area contributed by atoms with Crippen LogP contribution in [0.2, 0.25) is 5.02 Å². The van der Waals surface area contributed by atoms with E-state index in [9.17, 15) is 9.59 Å². The van der Waals surface area contributed by atoms with Crippen molar-refractivity contribution in [3.8, 4) is 11.1 Å². The second-order valence-electron chi connectivity index (χ2n) is 8.58. The van der Waals surface area contributed by atoms with Gasteiger partial charge in [-0.25, -0.2) is 0 Å². The number of carbonyl (C=O) groups excluding carboxylic acids is 1. The first kappa shape index (κ1) is 25.0. The first-order valence-electron chi connectivity index (χ1n) is 10.2. The van der Waals surface area contributed by atoms with Gasteiger partial charge in [-0.1, -0.05) is 47.2 Å². The highest BCUT2D eigenvalue weighted by molar-refractivity contribution is 7.16. The van der Waals surface area contributed by atoms with Crippen LogP contribution in [0.3, 0.4) is 0 Å². The van der Waals surface area contributed by atoms with Crippen molar-refractivity contribution in [3.05, 3.63) is 92.5 Å². The number of aromatic amines is 1. The number of nitrogens with two attached hydrogens (primary N) is 1. The van der Waals surface area contributed by atoms with Gasteiger partial charge in [-0.3, -0.25) is 9.59 Å². The van der Waals surface area contributed by atoms with Gasteiger partial charge < -0.3 is 15.6 Å². The van der Waals surface area contributed by atoms with Gasteiger partial charge in [-0.15, -0.1) is 12.4 Å². The number of nitrogens with one attached hydrogen (secondary N) is 1. The van der Waals surface area contributed by atoms with Crippen LogP contribution in [-0.2, 0) is 6.54 Å². The molecule has 0 fully saturated rings. The van der Waals surface area contributed by atoms with Crippen LogP contribution < -0.4 is 10.6 Å². The van der Waals surface area contributed by atoms with E-state index in [4.69, 9.17) is 17.3 Å². The molecule has 0 spiro atoms. The number of carbonyl (C=O) groups is 1. The normalized spacial score (nSPS) is 11.3. The molecule has 0 aliphatic heterocycles. The lowest BCUT2D eigenvalue weighted by atomic mass is 10.0. The third-order valence-corrected chi connectivity index (χ3v) is 6.13. The number of rotatable bonds is 6. The molecule has 0 radical (unpaired) electrons. The number of nitrogens with zero attached hydrogens (tertiary/aromatic N) is 1. The minimum atomic E-state index is -0.545. The van der Waals surface area contributed by atoms with E-state index in [1.54, 1.807) is 29.2 Å². The molecule has 0 saturated heterocycles. The molecule has 0 saturated carbocycles. The zero-order valence-electron chi connectivity index (χ0n) is 18.3. The molecule has 33 heavy (non-hydrogen) atoms. The van der Waals surface area contributed by atoms with Crippen molar-refractivity contribution in [3.63, 3.8) is 0 Å². The van der Waals surface area contributed by atoms with Crippen molar-refractivity contribution < 1.29 is 4.79 Å². The van der Waals surface area contributed by atoms with Gasteiger partial charge in [0, 0.05) is 29.2 Å². The summed E-state index contributed by atoms with van der Waals surface area (Å²) in [6.45, 7) is 4.64. The van der Waals surface area contributed by atoms with E-state index in [-0.39, 0.29) is 23.2 Å². The fraction of sp³-hybridized carbons (Fsp3) is 0.200. The van der Waals surface area contributed by atoms with Gasteiger partial charge in [0.2, 0.25) is 0 Å². The second kappa shape index (κ2) is 10.1. The number of hydrogen-bond donors (Lipinski definition) is 2. The van der Waals surface area contributed by atoms with Gasteiger partial charge in [0.15, 0.2) is 0 Å². The van der Waals surface area contributed by atoms with Crippen LogP contribution in [0.25, 0.3) is 21.3 Å². The van der Waals surface area contributed by atoms with Crippen LogP contribution in [-0.4, -0.2) is 27.9 Å². The van der Waals surface area contributed by atoms with Crippen molar-refractivity contribution in [2.45, 2.75) is 25.9 Å². The fourth-order valence-electron chi connectivity index (χ4n) is 3.66. The summed E-state index contributed by atoms with van der Waals surface area (Å²) in [6, 6.07) is 20.9. The molecule has 0 aliphatic rings. The standard InChI is InChI=1S/C25H24ClN3O2S.ClH/c1-25(2,27)15-29(23(30)17-6-9-20(26)10-7-17)14-16-4-3-5-18(12-16)19-8-11-21-22(13-19)32-24(31)28-21;/h3-13H,14-15,27H2,1-2H3,(H,28,31);1H. The Morgan fingerprint density at radius 2 is 1.76 bits per heavy atom. The molecule has 0 bridgehead atoms. The monoisotopic (exact) mass is 501 g/mol. The molecule has 3 aromatic carbocycles. The molecule has 1 aromatic heterocycles. The van der Waals surface area contributed by atoms with E-state index in [1.807, 2.05) is 50.2 Å². The lowest BCUT2D eigenvalue weighted by Crippen LogP contribution is -2.47. The summed E-state index contributed by atoms with van der Waals surface area (Å²) >= 11 is 7.18. The second-order valence-corrected chi connectivity index (χ2v) is 10.0. The van der Waals surface area contributed by atoms with Crippen LogP contribution in [0.4, 0.5) is 0 Å². The first-order valence-corrected chi connectivity index (χ1v) is 11.4. The third kappa shape index (κ3) is 6.24. The summed E-state index contributed by atoms with van der Waals surface area (Å²) in [6.07, 6.45) is 0. The minimum Gasteiger partial charge on any atom is -0.332 e. The quantitative estimate of drug-likeness (QED) is 0.355. The Labute approximate surface area is 207 Å². The van der Waals surface area contributed by atoms with Crippen LogP contribution in [0, 0.1) is 0 Å². The topological polar surface area (TPSA) is 79.2 Å². The minimum absolute atomic E-state index is 0. The summed E-state index contributed by atoms with van der Waals surface area (Å²) in [5.74, 6) is -0.0934. The zero-order valence-corrected chi connectivity index (χ0v) is 20.7. The molecule has 4 rings (SSSR count). The molecule has 4 aromatic rings. The maximum absolute atomic E-state index is 13.2. The van der Waals surface area contributed by atoms with E-state index < -0.39 is 5.54 Å². The SMILES string of the molecule is CC(C)(N)CN(Cc1cccc(-c2ccc3[nH]c(=O)sc3c2)c1)C(=O)c1ccc(Cl)cc1.Cl. The maximum atomic E-state index is 13.2. The molecule has 1 heterocycles. The number of fused-ring (bicyclic) bond motifs is 1. The number of amides is 1. The first-order chi connectivity index (χ1) is 15.2. The molecular weight excluding hydrogens is 477 g/mol. The Bertz CT molecular complexity index is 1320. The highest BCUT2D eigenvalue weighted by atomic mass is 35.5. The molecule has 0 aliphatic carbocycles. The fourth-order valence-corrected chi connectivity index (χ4v) is 4.56. The summed E-state index contributed by atoms with van der Waals surface area (Å²) in [7, 11) is 0. The van der Waals surface area contributed by atoms with Gasteiger partial charge >= 0.3 is 4.87 Å². The zero-order chi connectivity index (χ0) is 22.9. The summed E-state index contributed by atoms with van der Waals surface area (Å²) in [4.78, 5) is 29.4. The van der Waals surface area contributed by atoms with Crippen LogP contribution in [0.1, 0.15) is 29.8 Å². The van der Waals surface area contributed by atoms with Crippen LogP contribution in [0.5, 0.6) is 0 Å². The summed E-state index contributed by atoms with van der Waals surface area (Å²) in [5.41, 5.74) is 10.2. The highest BCUT2D eigenvalue weighted by Crippen LogP contribution is 2.26. The van der Waals surface area contributed by atoms with Gasteiger partial charge in [-0.05, 0) is 73.0 Å². The van der Waals surface area contributed by atoms with E-state index >= 15 is 0 Å². The van der Waals surface area contributed by atoms with Crippen LogP contribution in [0.15, 0.2) is 71.5 Å². The Balaban J connectivity index is 0.00000306. The molecule has 1 amide bonds. The van der Waals surface area contributed by atoms with Crippen molar-refractivity contribution in [1.82, 2.24) is 9.88 Å². The molecule has 0 unspecified atom stereocenters. The molecular formula is C25H25Cl2N3O2S. The Kier molecular flexibility index (Phi) is 7.65. The van der Waals surface area contributed by atoms with Gasteiger partial charge in [-0.2, -0.15) is 0 Å². The number of H-pyrrole nitrogens is 1. The highest BCUT2D eigenvalue weighted by Gasteiger charge is 2.23. The van der Waals surface area contributed by atoms with E-state index in [2.05, 4.69) is 11.1 Å². The molecule has 0 atom stereocenters. The molecule has 172 valence electrons. The van der Waals surface area contributed by atoms with E-state index in [0.717, 1.165) is 26.9 Å². The van der Waals surface area contributed by atoms with Gasteiger partial charge in [0.25, 0.3) is 5.91 Å². The number of benzene rings is 3. The average Bonchev–Trinajstić information content (AvgIpc) is 3.12. The lowest BCUT2D eigenvalue weighted by Gasteiger charge is -2.30. The molecule has 3 N–H and O–H groups in total. The number of hydrogen-bond acceptors (Lipinski definition) is 4. The number of thiazole rings is 1. The predicted octanol–water partition coefficient (Wildman–Crippen LogP) is 5.71. The van der Waals surface area contributed by atoms with Crippen molar-refractivity contribution in [1.29, 1.82) is 0 Å². The van der Waals surface area contributed by atoms with Crippen molar-refractivity contribution in [2.75, 3.05) is 6.54 Å². The Morgan fingerprint density at radius 3 is 2.45 bits per heavy atom. The predicted molar refractivity (Wildman–Crippen MR) is 140 cm³/mol. The third-order valence-electron chi connectivity index (χ3n) is 5.03. The maximum Gasteiger partial charge on any atom is 0.305 e. The Hall–Kier alpha value is -2.64. The summed E-state index contributed by atoms with van der Waals surface area (Å²) < 4.78 is 0.919. The Morgan fingerprint density at radius 1 is 1.06 bits per heavy atom. The van der Waals surface area contributed by atoms with Gasteiger partial charge in [0.1, 0.15) is 0 Å². The molecule has 8 heteroatoms. The molecule has 5 nitrogen and oxygen atoms in total. The summed E-state index contributed by atoms with van der Waals surface area (Å²) in [5, 5.41) is 0.587.